The van der Waals surface area contributed by atoms with Crippen LogP contribution in [0.3, 0.4) is 0 Å². The van der Waals surface area contributed by atoms with E-state index < -0.39 is 0 Å². The molecule has 0 heterocycles. The zero-order valence-corrected chi connectivity index (χ0v) is 10.9. The molecule has 0 aliphatic heterocycles. The normalized spacial score (nSPS) is 11.1. The van der Waals surface area contributed by atoms with Crippen molar-refractivity contribution in [3.8, 4) is 12.5 Å². The number of amidine groups is 1. The molecule has 0 fully saturated rings. The van der Waals surface area contributed by atoms with Crippen LogP contribution in [0.1, 0.15) is 30.9 Å². The average Bonchev–Trinajstić information content (AvgIpc) is 2.34. The first-order valence-corrected chi connectivity index (χ1v) is 6.00. The summed E-state index contributed by atoms with van der Waals surface area (Å²) < 4.78 is 0. The van der Waals surface area contributed by atoms with Gasteiger partial charge in [0.05, 0.1) is 0 Å². The monoisotopic (exact) mass is 228 g/mol. The Hall–Kier alpha value is -1.75. The Kier molecular flexibility index (Phi) is 5.29. The summed E-state index contributed by atoms with van der Waals surface area (Å²) in [5.41, 5.74) is 2.30. The number of terminal acetylenes is 1. The number of rotatable bonds is 4. The van der Waals surface area contributed by atoms with Crippen LogP contribution in [0.5, 0.6) is 0 Å². The van der Waals surface area contributed by atoms with Crippen LogP contribution in [-0.2, 0) is 0 Å². The predicted octanol–water partition coefficient (Wildman–Crippen LogP) is 3.06. The van der Waals surface area contributed by atoms with Gasteiger partial charge in [-0.05, 0) is 19.4 Å². The van der Waals surface area contributed by atoms with Crippen molar-refractivity contribution in [3.63, 3.8) is 0 Å². The summed E-state index contributed by atoms with van der Waals surface area (Å²) in [6, 6.07) is 10.9. The van der Waals surface area contributed by atoms with Crippen molar-refractivity contribution in [2.75, 3.05) is 13.6 Å². The van der Waals surface area contributed by atoms with Gasteiger partial charge >= 0.3 is 0 Å². The molecule has 0 amide bonds. The van der Waals surface area contributed by atoms with Gasteiger partial charge in [-0.25, -0.2) is 0 Å². The number of hydrogen-bond acceptors (Lipinski definition) is 1. The number of nitrogens with zero attached hydrogens (tertiary/aromatic N) is 2. The van der Waals surface area contributed by atoms with Crippen LogP contribution in [0.15, 0.2) is 29.3 Å². The van der Waals surface area contributed by atoms with Crippen LogP contribution in [0.25, 0.3) is 0 Å². The van der Waals surface area contributed by atoms with E-state index in [1.54, 1.807) is 4.90 Å². The summed E-state index contributed by atoms with van der Waals surface area (Å²) in [6.45, 7) is 5.06. The molecule has 0 saturated heterocycles. The third-order valence-electron chi connectivity index (χ3n) is 2.56. The summed E-state index contributed by atoms with van der Waals surface area (Å²) in [5.74, 6) is 0.879. The second-order valence-electron chi connectivity index (χ2n) is 4.12. The van der Waals surface area contributed by atoms with Crippen molar-refractivity contribution >= 4 is 5.84 Å². The van der Waals surface area contributed by atoms with Gasteiger partial charge in [0, 0.05) is 25.2 Å². The lowest BCUT2D eigenvalue weighted by atomic mass is 10.1. The molecule has 0 atom stereocenters. The van der Waals surface area contributed by atoms with Crippen LogP contribution in [-0.4, -0.2) is 24.3 Å². The Bertz CT molecular complexity index is 427. The van der Waals surface area contributed by atoms with E-state index in [9.17, 15) is 0 Å². The summed E-state index contributed by atoms with van der Waals surface area (Å²) in [4.78, 5) is 6.34. The minimum atomic E-state index is 0.825. The van der Waals surface area contributed by atoms with E-state index in [-0.39, 0.29) is 0 Å². The average molecular weight is 228 g/mol. The maximum absolute atomic E-state index is 5.45. The van der Waals surface area contributed by atoms with Gasteiger partial charge in [0.25, 0.3) is 0 Å². The molecule has 0 unspecified atom stereocenters. The highest BCUT2D eigenvalue weighted by Gasteiger charge is 2.07. The van der Waals surface area contributed by atoms with Gasteiger partial charge in [0.15, 0.2) is 0 Å². The molecule has 0 aliphatic rings. The quantitative estimate of drug-likeness (QED) is 0.254. The largest absolute Gasteiger partial charge is 0.289 e. The highest BCUT2D eigenvalue weighted by atomic mass is 15.1. The topological polar surface area (TPSA) is 15.6 Å². The van der Waals surface area contributed by atoms with Crippen LogP contribution >= 0.6 is 0 Å². The van der Waals surface area contributed by atoms with Crippen molar-refractivity contribution in [1.82, 2.24) is 4.90 Å². The zero-order chi connectivity index (χ0) is 12.7. The summed E-state index contributed by atoms with van der Waals surface area (Å²) >= 11 is 0. The molecular weight excluding hydrogens is 208 g/mol. The van der Waals surface area contributed by atoms with Crippen molar-refractivity contribution in [2.45, 2.75) is 26.7 Å². The maximum atomic E-state index is 5.45. The van der Waals surface area contributed by atoms with E-state index in [1.165, 1.54) is 5.56 Å². The smallest absolute Gasteiger partial charge is 0.142 e. The molecule has 2 nitrogen and oxygen atoms in total. The Balaban J connectivity index is 2.98. The Labute approximate surface area is 104 Å². The van der Waals surface area contributed by atoms with E-state index in [1.807, 2.05) is 19.2 Å². The molecule has 0 bridgehead atoms. The Morgan fingerprint density at radius 1 is 1.47 bits per heavy atom. The van der Waals surface area contributed by atoms with Gasteiger partial charge in [-0.1, -0.05) is 43.5 Å². The Morgan fingerprint density at radius 3 is 2.82 bits per heavy atom. The van der Waals surface area contributed by atoms with Gasteiger partial charge in [-0.3, -0.25) is 9.89 Å². The van der Waals surface area contributed by atoms with Crippen molar-refractivity contribution in [1.29, 1.82) is 0 Å². The maximum Gasteiger partial charge on any atom is 0.142 e. The van der Waals surface area contributed by atoms with Gasteiger partial charge < -0.3 is 0 Å². The van der Waals surface area contributed by atoms with Crippen molar-refractivity contribution in [3.05, 3.63) is 35.4 Å². The first-order chi connectivity index (χ1) is 8.19. The van der Waals surface area contributed by atoms with Gasteiger partial charge in [0.1, 0.15) is 5.84 Å². The lowest BCUT2D eigenvalue weighted by Gasteiger charge is -2.15. The third kappa shape index (κ3) is 3.96. The van der Waals surface area contributed by atoms with Crippen molar-refractivity contribution < 1.29 is 0 Å². The molecule has 0 N–H and O–H groups in total. The van der Waals surface area contributed by atoms with Crippen LogP contribution in [0, 0.1) is 19.4 Å². The molecular formula is C15H20N2. The molecule has 0 aromatic heterocycles. The highest BCUT2D eigenvalue weighted by molar-refractivity contribution is 5.99. The van der Waals surface area contributed by atoms with E-state index in [2.05, 4.69) is 37.0 Å². The number of benzene rings is 1. The van der Waals surface area contributed by atoms with E-state index >= 15 is 0 Å². The van der Waals surface area contributed by atoms with Crippen LogP contribution in [0.4, 0.5) is 0 Å². The first-order valence-electron chi connectivity index (χ1n) is 6.00. The SMILES string of the molecule is C#CN(C)C(=NCCCC)c1cccc(C)c1. The lowest BCUT2D eigenvalue weighted by molar-refractivity contribution is 0.710. The molecule has 1 aromatic carbocycles. The molecule has 1 aromatic rings. The molecule has 0 radical (unpaired) electrons. The zero-order valence-electron chi connectivity index (χ0n) is 10.9. The van der Waals surface area contributed by atoms with Crippen LogP contribution < -0.4 is 0 Å². The molecule has 0 spiro atoms. The minimum absolute atomic E-state index is 0.825. The number of aliphatic imine (C=N–C) groups is 1. The van der Waals surface area contributed by atoms with Gasteiger partial charge in [0.2, 0.25) is 0 Å². The second-order valence-corrected chi connectivity index (χ2v) is 4.12. The van der Waals surface area contributed by atoms with Crippen LogP contribution in [0.2, 0.25) is 0 Å². The molecule has 2 heteroatoms. The van der Waals surface area contributed by atoms with Gasteiger partial charge in [-0.15, -0.1) is 0 Å². The minimum Gasteiger partial charge on any atom is -0.289 e. The third-order valence-corrected chi connectivity index (χ3v) is 2.56. The fourth-order valence-electron chi connectivity index (χ4n) is 1.58. The molecule has 0 aliphatic carbocycles. The van der Waals surface area contributed by atoms with Gasteiger partial charge in [-0.2, -0.15) is 0 Å². The molecule has 17 heavy (non-hydrogen) atoms. The van der Waals surface area contributed by atoms with E-state index in [4.69, 9.17) is 6.42 Å². The molecule has 0 saturated carbocycles. The Morgan fingerprint density at radius 2 is 2.24 bits per heavy atom. The number of aryl methyl sites for hydroxylation is 1. The van der Waals surface area contributed by atoms with Crippen molar-refractivity contribution in [2.24, 2.45) is 4.99 Å². The summed E-state index contributed by atoms with van der Waals surface area (Å²) in [5, 5.41) is 0. The summed E-state index contributed by atoms with van der Waals surface area (Å²) in [6.07, 6.45) is 7.68. The fraction of sp³-hybridized carbons (Fsp3) is 0.400. The molecule has 1 rings (SSSR count). The fourth-order valence-corrected chi connectivity index (χ4v) is 1.58. The highest BCUT2D eigenvalue weighted by Crippen LogP contribution is 2.08. The number of hydrogen-bond donors (Lipinski definition) is 0. The second kappa shape index (κ2) is 6.75. The number of unbranched alkanes of at least 4 members (excludes halogenated alkanes) is 1. The standard InChI is InChI=1S/C15H20N2/c1-5-7-11-16-15(17(4)6-2)14-10-8-9-13(3)12-14/h2,8-10,12H,5,7,11H2,1,3-4H3. The lowest BCUT2D eigenvalue weighted by Crippen LogP contribution is -2.23. The predicted molar refractivity (Wildman–Crippen MR) is 74.1 cm³/mol. The molecule has 90 valence electrons. The summed E-state index contributed by atoms with van der Waals surface area (Å²) in [7, 11) is 1.87. The van der Waals surface area contributed by atoms with E-state index in [0.717, 1.165) is 30.8 Å². The first kappa shape index (κ1) is 13.3. The van der Waals surface area contributed by atoms with E-state index in [0.29, 0.717) is 0 Å².